The molecule has 2 fully saturated rings. The van der Waals surface area contributed by atoms with Crippen LogP contribution in [-0.2, 0) is 9.59 Å². The minimum absolute atomic E-state index is 0.0546. The van der Waals surface area contributed by atoms with E-state index in [0.717, 1.165) is 17.7 Å². The van der Waals surface area contributed by atoms with Crippen molar-refractivity contribution in [1.29, 1.82) is 0 Å². The summed E-state index contributed by atoms with van der Waals surface area (Å²) in [7, 11) is 0. The second-order valence-corrected chi connectivity index (χ2v) is 7.82. The van der Waals surface area contributed by atoms with Gasteiger partial charge in [0, 0.05) is 30.2 Å². The number of carbonyl (C=O) groups excluding carboxylic acids is 1. The Morgan fingerprint density at radius 3 is 2.65 bits per heavy atom. The molecule has 4 nitrogen and oxygen atoms in total. The number of halogens is 1. The van der Waals surface area contributed by atoms with E-state index in [1.807, 2.05) is 24.3 Å². The summed E-state index contributed by atoms with van der Waals surface area (Å²) in [6.45, 7) is 0.976. The van der Waals surface area contributed by atoms with Gasteiger partial charge in [0.15, 0.2) is 0 Å². The molecule has 2 aliphatic rings. The number of benzene rings is 1. The number of aliphatic carboxylic acids is 1. The van der Waals surface area contributed by atoms with E-state index in [1.165, 1.54) is 0 Å². The lowest BCUT2D eigenvalue weighted by molar-refractivity contribution is -0.142. The average Bonchev–Trinajstić information content (AvgIpc) is 3.27. The highest BCUT2D eigenvalue weighted by Crippen LogP contribution is 2.44. The molecule has 23 heavy (non-hydrogen) atoms. The topological polar surface area (TPSA) is 57.6 Å². The van der Waals surface area contributed by atoms with Gasteiger partial charge in [-0.1, -0.05) is 23.7 Å². The van der Waals surface area contributed by atoms with Gasteiger partial charge in [0.25, 0.3) is 0 Å². The van der Waals surface area contributed by atoms with E-state index in [4.69, 9.17) is 11.6 Å². The van der Waals surface area contributed by atoms with E-state index in [-0.39, 0.29) is 17.7 Å². The Morgan fingerprint density at radius 2 is 2.00 bits per heavy atom. The number of hydrogen-bond acceptors (Lipinski definition) is 3. The molecule has 1 saturated carbocycles. The van der Waals surface area contributed by atoms with Gasteiger partial charge < -0.3 is 10.0 Å². The summed E-state index contributed by atoms with van der Waals surface area (Å²) in [6.07, 6.45) is 2.64. The molecule has 1 aromatic rings. The first-order valence-corrected chi connectivity index (χ1v) is 9.30. The summed E-state index contributed by atoms with van der Waals surface area (Å²) in [5.41, 5.74) is 0. The smallest absolute Gasteiger partial charge is 0.308 e. The van der Waals surface area contributed by atoms with Crippen LogP contribution in [0.1, 0.15) is 19.3 Å². The summed E-state index contributed by atoms with van der Waals surface area (Å²) < 4.78 is 0. The van der Waals surface area contributed by atoms with Crippen LogP contribution in [0.15, 0.2) is 29.2 Å². The zero-order valence-corrected chi connectivity index (χ0v) is 14.4. The van der Waals surface area contributed by atoms with Crippen molar-refractivity contribution in [2.45, 2.75) is 24.2 Å². The van der Waals surface area contributed by atoms with E-state index in [9.17, 15) is 14.7 Å². The number of thioether (sulfide) groups is 1. The fourth-order valence-corrected chi connectivity index (χ4v) is 4.44. The molecule has 1 amide bonds. The third-order valence-electron chi connectivity index (χ3n) is 4.67. The van der Waals surface area contributed by atoms with Gasteiger partial charge in [-0.3, -0.25) is 9.59 Å². The van der Waals surface area contributed by atoms with Gasteiger partial charge in [-0.2, -0.15) is 0 Å². The van der Waals surface area contributed by atoms with E-state index in [2.05, 4.69) is 0 Å². The SMILES string of the molecule is O=C(O)[C@H]1CN(C(=O)CCSc2ccccc2Cl)C[C@@H]1C1CC1. The van der Waals surface area contributed by atoms with Crippen molar-refractivity contribution < 1.29 is 14.7 Å². The van der Waals surface area contributed by atoms with Gasteiger partial charge in [0.2, 0.25) is 5.91 Å². The number of carbonyl (C=O) groups is 2. The van der Waals surface area contributed by atoms with Crippen LogP contribution in [0.25, 0.3) is 0 Å². The molecule has 0 unspecified atom stereocenters. The molecule has 0 aromatic heterocycles. The molecule has 1 N–H and O–H groups in total. The van der Waals surface area contributed by atoms with Crippen LogP contribution in [0.5, 0.6) is 0 Å². The minimum atomic E-state index is -0.761. The fraction of sp³-hybridized carbons (Fsp3) is 0.529. The molecule has 2 atom stereocenters. The fourth-order valence-electron chi connectivity index (χ4n) is 3.26. The maximum atomic E-state index is 12.4. The minimum Gasteiger partial charge on any atom is -0.481 e. The Hall–Kier alpha value is -1.20. The Bertz CT molecular complexity index is 605. The zero-order chi connectivity index (χ0) is 16.4. The maximum Gasteiger partial charge on any atom is 0.308 e. The molecule has 0 radical (unpaired) electrons. The van der Waals surface area contributed by atoms with E-state index < -0.39 is 5.97 Å². The summed E-state index contributed by atoms with van der Waals surface area (Å²) >= 11 is 7.67. The molecule has 0 spiro atoms. The Morgan fingerprint density at radius 1 is 1.26 bits per heavy atom. The lowest BCUT2D eigenvalue weighted by Gasteiger charge is -2.16. The molecule has 1 aliphatic carbocycles. The van der Waals surface area contributed by atoms with Crippen LogP contribution >= 0.6 is 23.4 Å². The van der Waals surface area contributed by atoms with Crippen molar-refractivity contribution in [3.63, 3.8) is 0 Å². The first-order valence-electron chi connectivity index (χ1n) is 7.94. The number of amides is 1. The lowest BCUT2D eigenvalue weighted by Crippen LogP contribution is -2.30. The van der Waals surface area contributed by atoms with Crippen molar-refractivity contribution in [3.8, 4) is 0 Å². The van der Waals surface area contributed by atoms with Gasteiger partial charge in [-0.15, -0.1) is 11.8 Å². The molecular weight excluding hydrogens is 334 g/mol. The molecule has 6 heteroatoms. The number of nitrogens with zero attached hydrogens (tertiary/aromatic N) is 1. The lowest BCUT2D eigenvalue weighted by atomic mass is 9.92. The maximum absolute atomic E-state index is 12.4. The van der Waals surface area contributed by atoms with Crippen molar-refractivity contribution >= 4 is 35.2 Å². The van der Waals surface area contributed by atoms with E-state index in [1.54, 1.807) is 16.7 Å². The molecule has 1 aliphatic heterocycles. The van der Waals surface area contributed by atoms with Gasteiger partial charge >= 0.3 is 5.97 Å². The third kappa shape index (κ3) is 4.01. The van der Waals surface area contributed by atoms with Crippen LogP contribution in [0.3, 0.4) is 0 Å². The Labute approximate surface area is 145 Å². The predicted octanol–water partition coefficient (Wildman–Crippen LogP) is 3.39. The second-order valence-electron chi connectivity index (χ2n) is 6.27. The van der Waals surface area contributed by atoms with Crippen LogP contribution < -0.4 is 0 Å². The highest BCUT2D eigenvalue weighted by atomic mass is 35.5. The van der Waals surface area contributed by atoms with Crippen LogP contribution in [0, 0.1) is 17.8 Å². The molecule has 0 bridgehead atoms. The number of rotatable bonds is 6. The van der Waals surface area contributed by atoms with E-state index in [0.29, 0.717) is 36.2 Å². The number of carboxylic acid groups (broad SMARTS) is 1. The van der Waals surface area contributed by atoms with Crippen LogP contribution in [0.4, 0.5) is 0 Å². The predicted molar refractivity (Wildman–Crippen MR) is 90.7 cm³/mol. The van der Waals surface area contributed by atoms with E-state index >= 15 is 0 Å². The quantitative estimate of drug-likeness (QED) is 0.796. The first-order chi connectivity index (χ1) is 11.1. The van der Waals surface area contributed by atoms with Crippen molar-refractivity contribution in [2.75, 3.05) is 18.8 Å². The van der Waals surface area contributed by atoms with Crippen molar-refractivity contribution in [1.82, 2.24) is 4.90 Å². The van der Waals surface area contributed by atoms with Crippen molar-refractivity contribution in [2.24, 2.45) is 17.8 Å². The summed E-state index contributed by atoms with van der Waals surface area (Å²) in [5, 5.41) is 10.1. The third-order valence-corrected chi connectivity index (χ3v) is 6.19. The van der Waals surface area contributed by atoms with Gasteiger partial charge in [0.1, 0.15) is 0 Å². The normalized spacial score (nSPS) is 24.0. The standard InChI is InChI=1S/C17H20ClNO3S/c18-14-3-1-2-4-15(14)23-8-7-16(20)19-9-12(11-5-6-11)13(10-19)17(21)22/h1-4,11-13H,5-10H2,(H,21,22)/t12-,13+/m1/s1. The van der Waals surface area contributed by atoms with Gasteiger partial charge in [-0.25, -0.2) is 0 Å². The molecule has 1 aromatic carbocycles. The van der Waals surface area contributed by atoms with Gasteiger partial charge in [0.05, 0.1) is 10.9 Å². The van der Waals surface area contributed by atoms with Crippen LogP contribution in [0.2, 0.25) is 5.02 Å². The molecule has 3 rings (SSSR count). The molecular formula is C17H20ClNO3S. The zero-order valence-electron chi connectivity index (χ0n) is 12.8. The monoisotopic (exact) mass is 353 g/mol. The summed E-state index contributed by atoms with van der Waals surface area (Å²) in [6, 6.07) is 7.58. The summed E-state index contributed by atoms with van der Waals surface area (Å²) in [5.74, 6) is 0.216. The highest BCUT2D eigenvalue weighted by Gasteiger charge is 2.46. The second kappa shape index (κ2) is 7.14. The highest BCUT2D eigenvalue weighted by molar-refractivity contribution is 7.99. The first kappa shape index (κ1) is 16.7. The Balaban J connectivity index is 1.50. The summed E-state index contributed by atoms with van der Waals surface area (Å²) in [4.78, 5) is 26.5. The van der Waals surface area contributed by atoms with Crippen LogP contribution in [-0.4, -0.2) is 40.7 Å². The Kier molecular flexibility index (Phi) is 5.17. The molecule has 1 heterocycles. The molecule has 1 saturated heterocycles. The van der Waals surface area contributed by atoms with Gasteiger partial charge in [-0.05, 0) is 36.8 Å². The largest absolute Gasteiger partial charge is 0.481 e. The number of hydrogen-bond donors (Lipinski definition) is 1. The van der Waals surface area contributed by atoms with Crippen molar-refractivity contribution in [3.05, 3.63) is 29.3 Å². The number of likely N-dealkylation sites (tertiary alicyclic amines) is 1. The average molecular weight is 354 g/mol. The molecule has 124 valence electrons. The number of carboxylic acids is 1.